The summed E-state index contributed by atoms with van der Waals surface area (Å²) >= 11 is 0. The van der Waals surface area contributed by atoms with Gasteiger partial charge in [0.2, 0.25) is 6.79 Å². The topological polar surface area (TPSA) is 89.6 Å². The van der Waals surface area contributed by atoms with Gasteiger partial charge in [-0.2, -0.15) is 0 Å². The highest BCUT2D eigenvalue weighted by Gasteiger charge is 2.41. The third-order valence-corrected chi connectivity index (χ3v) is 7.91. The monoisotopic (exact) mass is 527 g/mol. The van der Waals surface area contributed by atoms with E-state index in [1.807, 2.05) is 76.5 Å². The number of nitrogens with one attached hydrogen (secondary N) is 1. The second kappa shape index (κ2) is 9.59. The van der Waals surface area contributed by atoms with E-state index >= 15 is 0 Å². The number of hydrogen-bond acceptors (Lipinski definition) is 7. The lowest BCUT2D eigenvalue weighted by molar-refractivity contribution is -0.181. The zero-order valence-corrected chi connectivity index (χ0v) is 21.4. The van der Waals surface area contributed by atoms with E-state index in [9.17, 15) is 9.59 Å². The largest absolute Gasteiger partial charge is 0.454 e. The minimum absolute atomic E-state index is 0.000205. The Morgan fingerprint density at radius 2 is 1.67 bits per heavy atom. The molecule has 1 unspecified atom stereocenters. The minimum Gasteiger partial charge on any atom is -0.454 e. The summed E-state index contributed by atoms with van der Waals surface area (Å²) in [5, 5.41) is 3.52. The number of nitrogens with zero attached hydrogens (tertiary/aromatic N) is 2. The van der Waals surface area contributed by atoms with Crippen LogP contribution in [0.15, 0.2) is 66.7 Å². The predicted molar refractivity (Wildman–Crippen MR) is 141 cm³/mol. The molecule has 9 nitrogen and oxygen atoms in total. The molecular formula is C30H29N3O6. The molecule has 2 fully saturated rings. The lowest BCUT2D eigenvalue weighted by atomic mass is 10.0. The van der Waals surface area contributed by atoms with E-state index < -0.39 is 5.79 Å². The summed E-state index contributed by atoms with van der Waals surface area (Å²) in [6.45, 7) is 3.06. The third kappa shape index (κ3) is 4.37. The zero-order valence-electron chi connectivity index (χ0n) is 21.4. The van der Waals surface area contributed by atoms with E-state index in [-0.39, 0.29) is 24.8 Å². The summed E-state index contributed by atoms with van der Waals surface area (Å²) in [7, 11) is 0. The van der Waals surface area contributed by atoms with E-state index in [1.54, 1.807) is 0 Å². The van der Waals surface area contributed by atoms with Gasteiger partial charge < -0.3 is 34.1 Å². The molecule has 39 heavy (non-hydrogen) atoms. The summed E-state index contributed by atoms with van der Waals surface area (Å²) in [6, 6.07) is 20.9. The van der Waals surface area contributed by atoms with Crippen molar-refractivity contribution in [2.24, 2.45) is 0 Å². The molecule has 7 rings (SSSR count). The molecule has 1 N–H and O–H groups in total. The van der Waals surface area contributed by atoms with Crippen molar-refractivity contribution in [1.29, 1.82) is 0 Å². The zero-order chi connectivity index (χ0) is 26.4. The van der Waals surface area contributed by atoms with Crippen LogP contribution in [0.5, 0.6) is 11.5 Å². The third-order valence-electron chi connectivity index (χ3n) is 7.91. The van der Waals surface area contributed by atoms with E-state index in [4.69, 9.17) is 18.9 Å². The number of fused-ring (bicyclic) bond motifs is 2. The number of carbonyl (C=O) groups is 2. The first-order chi connectivity index (χ1) is 19.1. The van der Waals surface area contributed by atoms with Gasteiger partial charge in [-0.05, 0) is 48.0 Å². The second-order valence-corrected chi connectivity index (χ2v) is 10.2. The fourth-order valence-corrected chi connectivity index (χ4v) is 5.81. The van der Waals surface area contributed by atoms with Gasteiger partial charge in [0.1, 0.15) is 6.17 Å². The van der Waals surface area contributed by atoms with Crippen LogP contribution in [0.2, 0.25) is 0 Å². The Morgan fingerprint density at radius 1 is 0.923 bits per heavy atom. The highest BCUT2D eigenvalue weighted by Crippen LogP contribution is 2.38. The molecule has 1 atom stereocenters. The molecule has 4 aliphatic rings. The van der Waals surface area contributed by atoms with Gasteiger partial charge in [0.05, 0.1) is 13.2 Å². The Hall–Kier alpha value is -4.08. The molecule has 9 heteroatoms. The van der Waals surface area contributed by atoms with E-state index in [2.05, 4.69) is 5.32 Å². The molecule has 4 aliphatic heterocycles. The molecular weight excluding hydrogens is 498 g/mol. The Balaban J connectivity index is 1.07. The molecule has 2 saturated heterocycles. The van der Waals surface area contributed by atoms with Crippen molar-refractivity contribution in [2.45, 2.75) is 31.3 Å². The van der Waals surface area contributed by atoms with Crippen LogP contribution in [0.1, 0.15) is 50.9 Å². The van der Waals surface area contributed by atoms with Gasteiger partial charge >= 0.3 is 0 Å². The van der Waals surface area contributed by atoms with Crippen molar-refractivity contribution in [3.8, 4) is 11.5 Å². The van der Waals surface area contributed by atoms with Crippen LogP contribution in [0, 0.1) is 0 Å². The fourth-order valence-electron chi connectivity index (χ4n) is 5.81. The first kappa shape index (κ1) is 24.0. The van der Waals surface area contributed by atoms with E-state index in [1.165, 1.54) is 0 Å². The van der Waals surface area contributed by atoms with Crippen LogP contribution in [0.3, 0.4) is 0 Å². The van der Waals surface area contributed by atoms with Gasteiger partial charge in [-0.25, -0.2) is 0 Å². The Labute approximate surface area is 226 Å². The summed E-state index contributed by atoms with van der Waals surface area (Å²) in [5.74, 6) is 0.856. The molecule has 0 radical (unpaired) electrons. The maximum Gasteiger partial charge on any atom is 0.256 e. The van der Waals surface area contributed by atoms with Crippen LogP contribution >= 0.6 is 0 Å². The quantitative estimate of drug-likeness (QED) is 0.533. The van der Waals surface area contributed by atoms with Crippen molar-refractivity contribution >= 4 is 17.5 Å². The Kier molecular flexibility index (Phi) is 5.90. The number of rotatable bonds is 5. The average Bonchev–Trinajstić information content (AvgIpc) is 3.69. The lowest BCUT2D eigenvalue weighted by Gasteiger charge is -2.37. The average molecular weight is 528 g/mol. The highest BCUT2D eigenvalue weighted by atomic mass is 16.7. The summed E-state index contributed by atoms with van der Waals surface area (Å²) < 4.78 is 22.5. The first-order valence-corrected chi connectivity index (χ1v) is 13.3. The number of anilines is 1. The molecule has 0 bridgehead atoms. The number of piperidine rings is 1. The first-order valence-electron chi connectivity index (χ1n) is 13.3. The molecule has 3 aromatic carbocycles. The number of ether oxygens (including phenoxy) is 4. The lowest BCUT2D eigenvalue weighted by Crippen LogP contribution is -2.47. The second-order valence-electron chi connectivity index (χ2n) is 10.2. The normalized spacial score (nSPS) is 20.9. The maximum absolute atomic E-state index is 13.4. The van der Waals surface area contributed by atoms with Crippen LogP contribution in [0.25, 0.3) is 0 Å². The SMILES string of the molecule is O=C(c1ccc(NC2c3ccccc3C(=O)N2Cc2ccc3c(c2)OCO3)cc1)N1CCC2(CC1)OCCO2. The number of hydrogen-bond donors (Lipinski definition) is 1. The smallest absolute Gasteiger partial charge is 0.256 e. The van der Waals surface area contributed by atoms with Crippen molar-refractivity contribution in [3.63, 3.8) is 0 Å². The van der Waals surface area contributed by atoms with Crippen LogP contribution in [-0.2, 0) is 16.0 Å². The number of benzene rings is 3. The maximum atomic E-state index is 13.4. The van der Waals surface area contributed by atoms with Crippen molar-refractivity contribution < 1.29 is 28.5 Å². The molecule has 2 amide bonds. The fraction of sp³-hybridized carbons (Fsp3) is 0.333. The van der Waals surface area contributed by atoms with Gasteiger partial charge in [0, 0.05) is 54.9 Å². The van der Waals surface area contributed by atoms with Crippen molar-refractivity contribution in [1.82, 2.24) is 9.80 Å². The van der Waals surface area contributed by atoms with Crippen LogP contribution < -0.4 is 14.8 Å². The molecule has 0 saturated carbocycles. The minimum atomic E-state index is -0.508. The molecule has 0 aliphatic carbocycles. The van der Waals surface area contributed by atoms with Crippen LogP contribution in [0.4, 0.5) is 5.69 Å². The standard InChI is InChI=1S/C30H29N3O6/c34-28(32-13-11-30(12-14-32)38-15-16-39-30)21-6-8-22(9-7-21)31-27-23-3-1-2-4-24(23)29(35)33(27)18-20-5-10-25-26(17-20)37-19-36-25/h1-10,17,27,31H,11-16,18-19H2. The molecule has 4 heterocycles. The summed E-state index contributed by atoms with van der Waals surface area (Å²) in [5.41, 5.74) is 4.00. The molecule has 3 aromatic rings. The molecule has 1 spiro atoms. The highest BCUT2D eigenvalue weighted by molar-refractivity contribution is 5.99. The van der Waals surface area contributed by atoms with E-state index in [0.717, 1.165) is 16.8 Å². The Morgan fingerprint density at radius 3 is 2.46 bits per heavy atom. The van der Waals surface area contributed by atoms with Gasteiger partial charge in [-0.15, -0.1) is 0 Å². The van der Waals surface area contributed by atoms with Gasteiger partial charge in [0.25, 0.3) is 11.8 Å². The molecule has 200 valence electrons. The number of amides is 2. The summed E-state index contributed by atoms with van der Waals surface area (Å²) in [6.07, 6.45) is 1.02. The van der Waals surface area contributed by atoms with Crippen molar-refractivity contribution in [2.75, 3.05) is 38.4 Å². The van der Waals surface area contributed by atoms with Gasteiger partial charge in [-0.3, -0.25) is 9.59 Å². The Bertz CT molecular complexity index is 1410. The van der Waals surface area contributed by atoms with Crippen molar-refractivity contribution in [3.05, 3.63) is 89.0 Å². The van der Waals surface area contributed by atoms with E-state index in [0.29, 0.717) is 68.3 Å². The summed E-state index contributed by atoms with van der Waals surface area (Å²) in [4.78, 5) is 30.2. The number of carbonyl (C=O) groups excluding carboxylic acids is 2. The van der Waals surface area contributed by atoms with Crippen LogP contribution in [-0.4, -0.2) is 60.5 Å². The molecule has 0 aromatic heterocycles. The predicted octanol–water partition coefficient (Wildman–Crippen LogP) is 4.16. The number of likely N-dealkylation sites (tertiary alicyclic amines) is 1. The van der Waals surface area contributed by atoms with Gasteiger partial charge in [0.15, 0.2) is 17.3 Å². The van der Waals surface area contributed by atoms with Gasteiger partial charge in [-0.1, -0.05) is 24.3 Å².